The lowest BCUT2D eigenvalue weighted by molar-refractivity contribution is 0.414. The van der Waals surface area contributed by atoms with Crippen molar-refractivity contribution in [3.05, 3.63) is 47.5 Å². The molecule has 0 radical (unpaired) electrons. The highest BCUT2D eigenvalue weighted by Crippen LogP contribution is 2.19. The molecule has 1 heterocycles. The van der Waals surface area contributed by atoms with Gasteiger partial charge in [0, 0.05) is 25.3 Å². The van der Waals surface area contributed by atoms with Crippen molar-refractivity contribution in [3.8, 4) is 5.75 Å². The average molecular weight is 285 g/mol. The van der Waals surface area contributed by atoms with Crippen LogP contribution in [0.2, 0.25) is 0 Å². The van der Waals surface area contributed by atoms with Gasteiger partial charge >= 0.3 is 0 Å². The number of aryl methyl sites for hydroxylation is 2. The Morgan fingerprint density at radius 3 is 2.71 bits per heavy atom. The number of methoxy groups -OCH3 is 1. The van der Waals surface area contributed by atoms with Crippen LogP contribution in [0, 0.1) is 6.92 Å². The van der Waals surface area contributed by atoms with E-state index in [1.54, 1.807) is 7.11 Å². The molecule has 0 spiro atoms. The number of imidazole rings is 1. The second kappa shape index (κ2) is 6.31. The van der Waals surface area contributed by atoms with Gasteiger partial charge in [-0.25, -0.2) is 4.98 Å². The first-order chi connectivity index (χ1) is 10.3. The molecule has 0 bridgehead atoms. The zero-order valence-corrected chi connectivity index (χ0v) is 12.8. The predicted molar refractivity (Wildman–Crippen MR) is 83.5 cm³/mol. The Balaban J connectivity index is 1.61. The highest BCUT2D eigenvalue weighted by molar-refractivity contribution is 5.27. The molecule has 1 N–H and O–H groups in total. The lowest BCUT2D eigenvalue weighted by atomic mass is 10.1. The van der Waals surface area contributed by atoms with Crippen LogP contribution >= 0.6 is 0 Å². The number of rotatable bonds is 7. The zero-order chi connectivity index (χ0) is 14.7. The Morgan fingerprint density at radius 2 is 2.05 bits per heavy atom. The first kappa shape index (κ1) is 14.1. The van der Waals surface area contributed by atoms with Gasteiger partial charge in [0.15, 0.2) is 0 Å². The number of hydrogen-bond donors (Lipinski definition) is 1. The largest absolute Gasteiger partial charge is 0.497 e. The minimum Gasteiger partial charge on any atom is -0.497 e. The van der Waals surface area contributed by atoms with Crippen LogP contribution < -0.4 is 10.1 Å². The summed E-state index contributed by atoms with van der Waals surface area (Å²) >= 11 is 0. The van der Waals surface area contributed by atoms with Crippen LogP contribution in [0.4, 0.5) is 0 Å². The summed E-state index contributed by atoms with van der Waals surface area (Å²) in [5.41, 5.74) is 2.61. The van der Waals surface area contributed by atoms with E-state index < -0.39 is 0 Å². The maximum Gasteiger partial charge on any atom is 0.118 e. The van der Waals surface area contributed by atoms with E-state index in [0.717, 1.165) is 37.1 Å². The van der Waals surface area contributed by atoms with E-state index in [0.29, 0.717) is 0 Å². The van der Waals surface area contributed by atoms with Gasteiger partial charge in [-0.3, -0.25) is 0 Å². The van der Waals surface area contributed by atoms with Crippen molar-refractivity contribution >= 4 is 0 Å². The third-order valence-corrected chi connectivity index (χ3v) is 4.07. The topological polar surface area (TPSA) is 39.1 Å². The van der Waals surface area contributed by atoms with Crippen LogP contribution in [0.1, 0.15) is 29.9 Å². The summed E-state index contributed by atoms with van der Waals surface area (Å²) in [4.78, 5) is 4.46. The van der Waals surface area contributed by atoms with Gasteiger partial charge in [0.25, 0.3) is 0 Å². The molecule has 1 aliphatic rings. The Labute approximate surface area is 126 Å². The molecule has 4 nitrogen and oxygen atoms in total. The molecule has 1 aromatic heterocycles. The molecule has 0 saturated heterocycles. The summed E-state index contributed by atoms with van der Waals surface area (Å²) in [6, 6.07) is 9.04. The van der Waals surface area contributed by atoms with Crippen molar-refractivity contribution in [2.75, 3.05) is 7.11 Å². The van der Waals surface area contributed by atoms with Crippen molar-refractivity contribution in [1.29, 1.82) is 0 Å². The van der Waals surface area contributed by atoms with Crippen molar-refractivity contribution in [3.63, 3.8) is 0 Å². The first-order valence-electron chi connectivity index (χ1n) is 7.63. The molecule has 1 fully saturated rings. The van der Waals surface area contributed by atoms with Crippen LogP contribution in [0.5, 0.6) is 5.75 Å². The van der Waals surface area contributed by atoms with E-state index in [4.69, 9.17) is 4.74 Å². The summed E-state index contributed by atoms with van der Waals surface area (Å²) in [5, 5.41) is 3.56. The Bertz CT molecular complexity index is 585. The molecule has 1 saturated carbocycles. The van der Waals surface area contributed by atoms with Crippen molar-refractivity contribution in [2.24, 2.45) is 0 Å². The molecule has 0 aliphatic heterocycles. The fourth-order valence-corrected chi connectivity index (χ4v) is 2.53. The summed E-state index contributed by atoms with van der Waals surface area (Å²) in [6.45, 7) is 3.97. The number of benzene rings is 1. The molecular formula is C17H23N3O. The Hall–Kier alpha value is -1.81. The van der Waals surface area contributed by atoms with E-state index in [1.165, 1.54) is 24.1 Å². The normalized spacial score (nSPS) is 14.4. The van der Waals surface area contributed by atoms with Gasteiger partial charge < -0.3 is 14.6 Å². The standard InChI is InChI=1S/C17H23N3O/c1-13-18-11-16(12-19-15-5-6-15)20(13)10-9-14-3-7-17(21-2)8-4-14/h3-4,7-8,11,15,19H,5-6,9-10,12H2,1-2H3. The molecule has 21 heavy (non-hydrogen) atoms. The number of aromatic nitrogens is 2. The monoisotopic (exact) mass is 285 g/mol. The quantitative estimate of drug-likeness (QED) is 0.850. The summed E-state index contributed by atoms with van der Waals surface area (Å²) in [6.07, 6.45) is 5.65. The Morgan fingerprint density at radius 1 is 1.29 bits per heavy atom. The predicted octanol–water partition coefficient (Wildman–Crippen LogP) is 2.69. The summed E-state index contributed by atoms with van der Waals surface area (Å²) in [5.74, 6) is 2.00. The average Bonchev–Trinajstić information content (AvgIpc) is 3.28. The number of nitrogens with one attached hydrogen (secondary N) is 1. The fourth-order valence-electron chi connectivity index (χ4n) is 2.53. The van der Waals surface area contributed by atoms with Crippen molar-refractivity contribution in [2.45, 2.75) is 45.3 Å². The lowest BCUT2D eigenvalue weighted by Crippen LogP contribution is -2.19. The molecule has 112 valence electrons. The minimum atomic E-state index is 0.732. The summed E-state index contributed by atoms with van der Waals surface area (Å²) < 4.78 is 7.51. The third-order valence-electron chi connectivity index (χ3n) is 4.07. The second-order valence-corrected chi connectivity index (χ2v) is 5.70. The van der Waals surface area contributed by atoms with Gasteiger partial charge in [0.1, 0.15) is 11.6 Å². The SMILES string of the molecule is COc1ccc(CCn2c(CNC3CC3)cnc2C)cc1. The molecule has 1 aromatic carbocycles. The van der Waals surface area contributed by atoms with Crippen molar-refractivity contribution < 1.29 is 4.74 Å². The van der Waals surface area contributed by atoms with E-state index in [1.807, 2.05) is 18.3 Å². The second-order valence-electron chi connectivity index (χ2n) is 5.70. The third kappa shape index (κ3) is 3.64. The van der Waals surface area contributed by atoms with Gasteiger partial charge in [0.05, 0.1) is 12.8 Å². The van der Waals surface area contributed by atoms with Crippen LogP contribution in [-0.2, 0) is 19.5 Å². The fraction of sp³-hybridized carbons (Fsp3) is 0.471. The number of hydrogen-bond acceptors (Lipinski definition) is 3. The van der Waals surface area contributed by atoms with Crippen LogP contribution in [-0.4, -0.2) is 22.7 Å². The molecule has 3 rings (SSSR count). The molecule has 1 aliphatic carbocycles. The van der Waals surface area contributed by atoms with Crippen LogP contribution in [0.25, 0.3) is 0 Å². The van der Waals surface area contributed by atoms with Crippen LogP contribution in [0.3, 0.4) is 0 Å². The molecule has 2 aromatic rings. The highest BCUT2D eigenvalue weighted by Gasteiger charge is 2.20. The Kier molecular flexibility index (Phi) is 4.25. The number of ether oxygens (including phenoxy) is 1. The lowest BCUT2D eigenvalue weighted by Gasteiger charge is -2.11. The molecule has 0 amide bonds. The van der Waals surface area contributed by atoms with Crippen LogP contribution in [0.15, 0.2) is 30.5 Å². The zero-order valence-electron chi connectivity index (χ0n) is 12.8. The van der Waals surface area contributed by atoms with Gasteiger partial charge in [-0.1, -0.05) is 12.1 Å². The van der Waals surface area contributed by atoms with E-state index >= 15 is 0 Å². The maximum atomic E-state index is 5.19. The molecular weight excluding hydrogens is 262 g/mol. The maximum absolute atomic E-state index is 5.19. The molecule has 0 unspecified atom stereocenters. The van der Waals surface area contributed by atoms with E-state index in [9.17, 15) is 0 Å². The smallest absolute Gasteiger partial charge is 0.118 e. The van der Waals surface area contributed by atoms with E-state index in [2.05, 4.69) is 33.9 Å². The van der Waals surface area contributed by atoms with Gasteiger partial charge in [-0.05, 0) is 43.9 Å². The number of nitrogens with zero attached hydrogens (tertiary/aromatic N) is 2. The van der Waals surface area contributed by atoms with E-state index in [-0.39, 0.29) is 0 Å². The van der Waals surface area contributed by atoms with Gasteiger partial charge in [-0.15, -0.1) is 0 Å². The first-order valence-corrected chi connectivity index (χ1v) is 7.63. The highest BCUT2D eigenvalue weighted by atomic mass is 16.5. The van der Waals surface area contributed by atoms with Gasteiger partial charge in [-0.2, -0.15) is 0 Å². The minimum absolute atomic E-state index is 0.732. The van der Waals surface area contributed by atoms with Gasteiger partial charge in [0.2, 0.25) is 0 Å². The summed E-state index contributed by atoms with van der Waals surface area (Å²) in [7, 11) is 1.70. The molecule has 0 atom stereocenters. The van der Waals surface area contributed by atoms with Crippen molar-refractivity contribution in [1.82, 2.24) is 14.9 Å². The molecule has 4 heteroatoms.